The van der Waals surface area contributed by atoms with E-state index >= 15 is 0 Å². The van der Waals surface area contributed by atoms with E-state index in [1.54, 1.807) is 24.5 Å². The molecule has 1 amide bonds. The Morgan fingerprint density at radius 2 is 1.72 bits per heavy atom. The monoisotopic (exact) mass is 382 g/mol. The van der Waals surface area contributed by atoms with Crippen molar-refractivity contribution in [3.63, 3.8) is 0 Å². The van der Waals surface area contributed by atoms with Crippen molar-refractivity contribution in [2.24, 2.45) is 0 Å². The molecule has 1 heterocycles. The lowest BCUT2D eigenvalue weighted by Crippen LogP contribution is -2.25. The van der Waals surface area contributed by atoms with Gasteiger partial charge in [-0.15, -0.1) is 0 Å². The van der Waals surface area contributed by atoms with Gasteiger partial charge in [0.15, 0.2) is 0 Å². The molecule has 0 aliphatic heterocycles. The van der Waals surface area contributed by atoms with E-state index in [0.717, 1.165) is 17.7 Å². The summed E-state index contributed by atoms with van der Waals surface area (Å²) in [5, 5.41) is 5.46. The molecule has 0 bridgehead atoms. The van der Waals surface area contributed by atoms with Crippen LogP contribution in [0.2, 0.25) is 0 Å². The summed E-state index contributed by atoms with van der Waals surface area (Å²) >= 11 is 0. The van der Waals surface area contributed by atoms with Crippen LogP contribution in [0.5, 0.6) is 5.75 Å². The molecule has 0 aliphatic rings. The van der Waals surface area contributed by atoms with Crippen molar-refractivity contribution < 1.29 is 9.53 Å². The number of hydrogen-bond acceptors (Lipinski definition) is 3. The molecule has 4 rings (SSSR count). The van der Waals surface area contributed by atoms with Gasteiger partial charge in [0.25, 0.3) is 5.91 Å². The van der Waals surface area contributed by atoms with E-state index in [1.807, 2.05) is 36.4 Å². The number of hydrogen-bond donors (Lipinski definition) is 1. The average Bonchev–Trinajstić information content (AvgIpc) is 2.79. The number of carbonyl (C=O) groups excluding carboxylic acids is 1. The summed E-state index contributed by atoms with van der Waals surface area (Å²) in [6, 6.07) is 25.6. The third-order valence-electron chi connectivity index (χ3n) is 4.80. The minimum atomic E-state index is -0.0796. The Balaban J connectivity index is 1.30. The molecule has 0 aliphatic carbocycles. The van der Waals surface area contributed by atoms with Crippen LogP contribution in [0.4, 0.5) is 0 Å². The number of nitrogens with one attached hydrogen (secondary N) is 1. The van der Waals surface area contributed by atoms with Gasteiger partial charge in [-0.1, -0.05) is 48.5 Å². The summed E-state index contributed by atoms with van der Waals surface area (Å²) in [6.07, 6.45) is 4.30. The molecule has 144 valence electrons. The van der Waals surface area contributed by atoms with E-state index in [4.69, 9.17) is 4.74 Å². The molecule has 0 fully saturated rings. The summed E-state index contributed by atoms with van der Waals surface area (Å²) in [7, 11) is 0. The summed E-state index contributed by atoms with van der Waals surface area (Å²) in [5.74, 6) is 0.644. The second kappa shape index (κ2) is 9.02. The lowest BCUT2D eigenvalue weighted by atomic mass is 10.0. The number of aromatic nitrogens is 1. The highest BCUT2D eigenvalue weighted by Gasteiger charge is 2.06. The smallest absolute Gasteiger partial charge is 0.251 e. The van der Waals surface area contributed by atoms with Gasteiger partial charge in [0.05, 0.1) is 0 Å². The van der Waals surface area contributed by atoms with Crippen molar-refractivity contribution >= 4 is 16.7 Å². The first-order valence-corrected chi connectivity index (χ1v) is 9.66. The van der Waals surface area contributed by atoms with Gasteiger partial charge in [-0.05, 0) is 53.1 Å². The largest absolute Gasteiger partial charge is 0.489 e. The van der Waals surface area contributed by atoms with E-state index in [-0.39, 0.29) is 5.91 Å². The molecule has 4 aromatic rings. The fourth-order valence-corrected chi connectivity index (χ4v) is 3.28. The lowest BCUT2D eigenvalue weighted by molar-refractivity contribution is 0.0954. The Labute approximate surface area is 170 Å². The predicted molar refractivity (Wildman–Crippen MR) is 115 cm³/mol. The minimum Gasteiger partial charge on any atom is -0.489 e. The van der Waals surface area contributed by atoms with Crippen molar-refractivity contribution in [2.45, 2.75) is 13.0 Å². The topological polar surface area (TPSA) is 51.2 Å². The number of rotatable bonds is 7. The quantitative estimate of drug-likeness (QED) is 0.500. The van der Waals surface area contributed by atoms with Gasteiger partial charge < -0.3 is 10.1 Å². The molecule has 4 heteroatoms. The second-order valence-electron chi connectivity index (χ2n) is 6.82. The first-order chi connectivity index (χ1) is 14.3. The van der Waals surface area contributed by atoms with Gasteiger partial charge in [0, 0.05) is 30.1 Å². The fourth-order valence-electron chi connectivity index (χ4n) is 3.28. The Morgan fingerprint density at radius 3 is 2.55 bits per heavy atom. The van der Waals surface area contributed by atoms with Crippen molar-refractivity contribution in [1.29, 1.82) is 0 Å². The van der Waals surface area contributed by atoms with Gasteiger partial charge in [-0.3, -0.25) is 9.78 Å². The van der Waals surface area contributed by atoms with E-state index in [9.17, 15) is 4.79 Å². The molecule has 29 heavy (non-hydrogen) atoms. The Kier molecular flexibility index (Phi) is 5.81. The number of amides is 1. The molecule has 0 atom stereocenters. The standard InChI is InChI=1S/C25H22N2O2/c28-25(27-16-14-21-8-3-7-20-6-1-2-9-24(20)21)22-10-12-23(13-11-22)29-18-19-5-4-15-26-17-19/h1-13,15,17H,14,16,18H2,(H,27,28). The molecular weight excluding hydrogens is 360 g/mol. The van der Waals surface area contributed by atoms with Crippen LogP contribution in [0, 0.1) is 0 Å². The highest BCUT2D eigenvalue weighted by atomic mass is 16.5. The zero-order valence-corrected chi connectivity index (χ0v) is 16.0. The second-order valence-corrected chi connectivity index (χ2v) is 6.82. The van der Waals surface area contributed by atoms with Crippen LogP contribution in [0.3, 0.4) is 0 Å². The van der Waals surface area contributed by atoms with Gasteiger partial charge in [-0.2, -0.15) is 0 Å². The maximum Gasteiger partial charge on any atom is 0.251 e. The number of nitrogens with zero attached hydrogens (tertiary/aromatic N) is 1. The van der Waals surface area contributed by atoms with Gasteiger partial charge in [0.1, 0.15) is 12.4 Å². The Hall–Kier alpha value is -3.66. The molecule has 0 unspecified atom stereocenters. The molecule has 0 radical (unpaired) electrons. The van der Waals surface area contributed by atoms with Crippen LogP contribution >= 0.6 is 0 Å². The Bertz CT molecular complexity index is 1090. The summed E-state index contributed by atoms with van der Waals surface area (Å²) in [6.45, 7) is 1.04. The summed E-state index contributed by atoms with van der Waals surface area (Å²) in [5.41, 5.74) is 2.86. The first kappa shape index (κ1) is 18.7. The van der Waals surface area contributed by atoms with E-state index in [1.165, 1.54) is 16.3 Å². The number of benzene rings is 3. The van der Waals surface area contributed by atoms with Crippen molar-refractivity contribution in [3.05, 3.63) is 108 Å². The van der Waals surface area contributed by atoms with Crippen LogP contribution in [0.1, 0.15) is 21.5 Å². The number of fused-ring (bicyclic) bond motifs is 1. The van der Waals surface area contributed by atoms with Crippen LogP contribution < -0.4 is 10.1 Å². The molecule has 1 aromatic heterocycles. The van der Waals surface area contributed by atoms with Crippen molar-refractivity contribution in [1.82, 2.24) is 10.3 Å². The molecule has 0 spiro atoms. The van der Waals surface area contributed by atoms with Gasteiger partial charge in [-0.25, -0.2) is 0 Å². The number of carbonyl (C=O) groups is 1. The van der Waals surface area contributed by atoms with Crippen LogP contribution in [-0.4, -0.2) is 17.4 Å². The third kappa shape index (κ3) is 4.79. The SMILES string of the molecule is O=C(NCCc1cccc2ccccc12)c1ccc(OCc2cccnc2)cc1. The third-order valence-corrected chi connectivity index (χ3v) is 4.80. The first-order valence-electron chi connectivity index (χ1n) is 9.66. The number of ether oxygens (including phenoxy) is 1. The molecule has 1 N–H and O–H groups in total. The van der Waals surface area contributed by atoms with Crippen LogP contribution in [-0.2, 0) is 13.0 Å². The van der Waals surface area contributed by atoms with Crippen molar-refractivity contribution in [3.8, 4) is 5.75 Å². The van der Waals surface area contributed by atoms with E-state index < -0.39 is 0 Å². The molecule has 0 saturated carbocycles. The predicted octanol–water partition coefficient (Wildman–Crippen LogP) is 4.79. The highest BCUT2D eigenvalue weighted by Crippen LogP contribution is 2.19. The maximum atomic E-state index is 12.4. The average molecular weight is 382 g/mol. The normalized spacial score (nSPS) is 10.6. The highest BCUT2D eigenvalue weighted by molar-refractivity contribution is 5.94. The maximum absolute atomic E-state index is 12.4. The Morgan fingerprint density at radius 1 is 0.897 bits per heavy atom. The molecular formula is C25H22N2O2. The minimum absolute atomic E-state index is 0.0796. The van der Waals surface area contributed by atoms with E-state index in [2.05, 4.69) is 40.6 Å². The zero-order valence-electron chi connectivity index (χ0n) is 16.0. The fraction of sp³-hybridized carbons (Fsp3) is 0.120. The van der Waals surface area contributed by atoms with Crippen molar-refractivity contribution in [2.75, 3.05) is 6.54 Å². The lowest BCUT2D eigenvalue weighted by Gasteiger charge is -2.09. The zero-order chi connectivity index (χ0) is 19.9. The van der Waals surface area contributed by atoms with E-state index in [0.29, 0.717) is 18.7 Å². The van der Waals surface area contributed by atoms with Crippen LogP contribution in [0.25, 0.3) is 10.8 Å². The summed E-state index contributed by atoms with van der Waals surface area (Å²) in [4.78, 5) is 16.5. The molecule has 3 aromatic carbocycles. The van der Waals surface area contributed by atoms with Gasteiger partial charge in [0.2, 0.25) is 0 Å². The van der Waals surface area contributed by atoms with Crippen LogP contribution in [0.15, 0.2) is 91.3 Å². The van der Waals surface area contributed by atoms with Gasteiger partial charge >= 0.3 is 0 Å². The summed E-state index contributed by atoms with van der Waals surface area (Å²) < 4.78 is 5.73. The molecule has 0 saturated heterocycles. The molecule has 4 nitrogen and oxygen atoms in total. The number of pyridine rings is 1.